The van der Waals surface area contributed by atoms with Crippen LogP contribution in [0.25, 0.3) is 0 Å². The van der Waals surface area contributed by atoms with Gasteiger partial charge in [-0.3, -0.25) is 14.4 Å². The van der Waals surface area contributed by atoms with Crippen LogP contribution >= 0.6 is 0 Å². The lowest BCUT2D eigenvalue weighted by atomic mass is 10.2. The SMILES string of the molecule is O=C(CC(=O)N1CCN(C(=O)c2ccco2)CC1)N1CCCC1. The van der Waals surface area contributed by atoms with Gasteiger partial charge < -0.3 is 19.1 Å². The Balaban J connectivity index is 1.47. The number of hydrogen-bond acceptors (Lipinski definition) is 4. The monoisotopic (exact) mass is 319 g/mol. The summed E-state index contributed by atoms with van der Waals surface area (Å²) in [5.74, 6) is -0.0715. The Hall–Kier alpha value is -2.31. The van der Waals surface area contributed by atoms with Crippen molar-refractivity contribution < 1.29 is 18.8 Å². The van der Waals surface area contributed by atoms with Crippen LogP contribution in [0.4, 0.5) is 0 Å². The minimum atomic E-state index is -0.157. The van der Waals surface area contributed by atoms with E-state index in [0.29, 0.717) is 31.9 Å². The van der Waals surface area contributed by atoms with Gasteiger partial charge in [-0.1, -0.05) is 0 Å². The smallest absolute Gasteiger partial charge is 0.289 e. The molecule has 7 nitrogen and oxygen atoms in total. The third-order valence-corrected chi connectivity index (χ3v) is 4.41. The van der Waals surface area contributed by atoms with Crippen LogP contribution in [0.1, 0.15) is 29.8 Å². The fraction of sp³-hybridized carbons (Fsp3) is 0.562. The summed E-state index contributed by atoms with van der Waals surface area (Å²) < 4.78 is 5.11. The van der Waals surface area contributed by atoms with Crippen molar-refractivity contribution in [1.82, 2.24) is 14.7 Å². The van der Waals surface area contributed by atoms with Crippen molar-refractivity contribution in [2.24, 2.45) is 0 Å². The molecule has 1 aromatic heterocycles. The summed E-state index contributed by atoms with van der Waals surface area (Å²) in [5, 5.41) is 0. The molecule has 0 N–H and O–H groups in total. The Morgan fingerprint density at radius 1 is 0.870 bits per heavy atom. The number of hydrogen-bond donors (Lipinski definition) is 0. The molecule has 2 saturated heterocycles. The molecule has 124 valence electrons. The maximum absolute atomic E-state index is 12.2. The number of carbonyl (C=O) groups excluding carboxylic acids is 3. The quantitative estimate of drug-likeness (QED) is 0.764. The van der Waals surface area contributed by atoms with Gasteiger partial charge in [-0.2, -0.15) is 0 Å². The number of carbonyl (C=O) groups is 3. The molecular weight excluding hydrogens is 298 g/mol. The Morgan fingerprint density at radius 3 is 2.00 bits per heavy atom. The van der Waals surface area contributed by atoms with Crippen LogP contribution in [-0.4, -0.2) is 71.7 Å². The van der Waals surface area contributed by atoms with Gasteiger partial charge in [0, 0.05) is 39.3 Å². The van der Waals surface area contributed by atoms with Gasteiger partial charge in [-0.15, -0.1) is 0 Å². The number of rotatable bonds is 3. The van der Waals surface area contributed by atoms with E-state index in [2.05, 4.69) is 0 Å². The summed E-state index contributed by atoms with van der Waals surface area (Å²) in [5.41, 5.74) is 0. The van der Waals surface area contributed by atoms with Crippen molar-refractivity contribution >= 4 is 17.7 Å². The van der Waals surface area contributed by atoms with Gasteiger partial charge in [-0.05, 0) is 25.0 Å². The van der Waals surface area contributed by atoms with E-state index in [1.807, 2.05) is 0 Å². The summed E-state index contributed by atoms with van der Waals surface area (Å²) in [6.45, 7) is 3.36. The predicted molar refractivity (Wildman–Crippen MR) is 81.6 cm³/mol. The van der Waals surface area contributed by atoms with E-state index < -0.39 is 0 Å². The van der Waals surface area contributed by atoms with E-state index in [1.165, 1.54) is 6.26 Å². The molecule has 3 amide bonds. The molecule has 0 unspecified atom stereocenters. The molecule has 1 aromatic rings. The van der Waals surface area contributed by atoms with Crippen molar-refractivity contribution in [1.29, 1.82) is 0 Å². The van der Waals surface area contributed by atoms with Crippen LogP contribution in [0.2, 0.25) is 0 Å². The molecule has 0 spiro atoms. The zero-order valence-corrected chi connectivity index (χ0v) is 13.1. The van der Waals surface area contributed by atoms with E-state index in [9.17, 15) is 14.4 Å². The minimum Gasteiger partial charge on any atom is -0.459 e. The number of furan rings is 1. The second kappa shape index (κ2) is 6.85. The fourth-order valence-electron chi connectivity index (χ4n) is 3.03. The molecule has 0 atom stereocenters. The molecule has 0 saturated carbocycles. The molecule has 0 bridgehead atoms. The molecule has 2 aliphatic rings. The Labute approximate surface area is 134 Å². The number of nitrogens with zero attached hydrogens (tertiary/aromatic N) is 3. The van der Waals surface area contributed by atoms with Crippen LogP contribution in [0, 0.1) is 0 Å². The summed E-state index contributed by atoms with van der Waals surface area (Å²) in [6.07, 6.45) is 3.45. The first-order chi connectivity index (χ1) is 11.1. The highest BCUT2D eigenvalue weighted by Gasteiger charge is 2.28. The van der Waals surface area contributed by atoms with Crippen LogP contribution in [0.3, 0.4) is 0 Å². The van der Waals surface area contributed by atoms with Crippen molar-refractivity contribution in [3.63, 3.8) is 0 Å². The van der Waals surface area contributed by atoms with Crippen LogP contribution in [0.5, 0.6) is 0 Å². The highest BCUT2D eigenvalue weighted by molar-refractivity contribution is 5.97. The largest absolute Gasteiger partial charge is 0.459 e. The first-order valence-corrected chi connectivity index (χ1v) is 8.03. The first kappa shape index (κ1) is 15.6. The van der Waals surface area contributed by atoms with Crippen molar-refractivity contribution in [3.8, 4) is 0 Å². The molecule has 3 rings (SSSR count). The summed E-state index contributed by atoms with van der Waals surface area (Å²) in [4.78, 5) is 41.5. The van der Waals surface area contributed by atoms with Gasteiger partial charge in [0.1, 0.15) is 6.42 Å². The third-order valence-electron chi connectivity index (χ3n) is 4.41. The van der Waals surface area contributed by atoms with Crippen molar-refractivity contribution in [3.05, 3.63) is 24.2 Å². The molecular formula is C16H21N3O4. The van der Waals surface area contributed by atoms with Crippen LogP contribution in [-0.2, 0) is 9.59 Å². The van der Waals surface area contributed by atoms with Gasteiger partial charge in [0.2, 0.25) is 11.8 Å². The second-order valence-electron chi connectivity index (χ2n) is 5.91. The summed E-state index contributed by atoms with van der Waals surface area (Å²) in [7, 11) is 0. The average molecular weight is 319 g/mol. The third kappa shape index (κ3) is 3.55. The Kier molecular flexibility index (Phi) is 4.64. The van der Waals surface area contributed by atoms with Gasteiger partial charge in [0.15, 0.2) is 5.76 Å². The zero-order chi connectivity index (χ0) is 16.2. The van der Waals surface area contributed by atoms with Gasteiger partial charge in [0.05, 0.1) is 6.26 Å². The van der Waals surface area contributed by atoms with Gasteiger partial charge >= 0.3 is 0 Å². The van der Waals surface area contributed by atoms with E-state index >= 15 is 0 Å². The highest BCUT2D eigenvalue weighted by atomic mass is 16.3. The van der Waals surface area contributed by atoms with Crippen molar-refractivity contribution in [2.75, 3.05) is 39.3 Å². The number of piperazine rings is 1. The van der Waals surface area contributed by atoms with E-state index in [1.54, 1.807) is 26.8 Å². The lowest BCUT2D eigenvalue weighted by molar-refractivity contribution is -0.140. The standard InChI is InChI=1S/C16H21N3O4/c20-14(17-5-1-2-6-17)12-15(21)18-7-9-19(10-8-18)16(22)13-4-3-11-23-13/h3-4,11H,1-2,5-10,12H2. The molecule has 7 heteroatoms. The van der Waals surface area contributed by atoms with Crippen LogP contribution < -0.4 is 0 Å². The fourth-order valence-corrected chi connectivity index (χ4v) is 3.03. The molecule has 0 radical (unpaired) electrons. The van der Waals surface area contributed by atoms with Crippen LogP contribution in [0.15, 0.2) is 22.8 Å². The van der Waals surface area contributed by atoms with Gasteiger partial charge in [-0.25, -0.2) is 0 Å². The Bertz CT molecular complexity index is 570. The topological polar surface area (TPSA) is 74.1 Å². The van der Waals surface area contributed by atoms with Crippen molar-refractivity contribution in [2.45, 2.75) is 19.3 Å². The summed E-state index contributed by atoms with van der Waals surface area (Å²) >= 11 is 0. The summed E-state index contributed by atoms with van der Waals surface area (Å²) in [6, 6.07) is 3.31. The molecule has 3 heterocycles. The maximum Gasteiger partial charge on any atom is 0.289 e. The molecule has 0 aromatic carbocycles. The normalized spacial score (nSPS) is 18.3. The molecule has 2 aliphatic heterocycles. The van der Waals surface area contributed by atoms with E-state index in [4.69, 9.17) is 4.42 Å². The number of amides is 3. The van der Waals surface area contributed by atoms with E-state index in [0.717, 1.165) is 25.9 Å². The zero-order valence-electron chi connectivity index (χ0n) is 13.1. The number of likely N-dealkylation sites (tertiary alicyclic amines) is 1. The van der Waals surface area contributed by atoms with Gasteiger partial charge in [0.25, 0.3) is 5.91 Å². The predicted octanol–water partition coefficient (Wildman–Crippen LogP) is 0.576. The maximum atomic E-state index is 12.2. The molecule has 0 aliphatic carbocycles. The minimum absolute atomic E-state index is 0.0634. The average Bonchev–Trinajstić information content (AvgIpc) is 3.27. The lowest BCUT2D eigenvalue weighted by Crippen LogP contribution is -2.51. The first-order valence-electron chi connectivity index (χ1n) is 8.03. The Morgan fingerprint density at radius 2 is 1.43 bits per heavy atom. The van der Waals surface area contributed by atoms with E-state index in [-0.39, 0.29) is 24.1 Å². The molecule has 2 fully saturated rings. The molecule has 23 heavy (non-hydrogen) atoms. The second-order valence-corrected chi connectivity index (χ2v) is 5.91. The lowest BCUT2D eigenvalue weighted by Gasteiger charge is -2.34. The highest BCUT2D eigenvalue weighted by Crippen LogP contribution is 2.12.